The fourth-order valence-corrected chi connectivity index (χ4v) is 0.713. The summed E-state index contributed by atoms with van der Waals surface area (Å²) in [6, 6.07) is 0. The number of hydrogen-bond acceptors (Lipinski definition) is 3. The highest BCUT2D eigenvalue weighted by molar-refractivity contribution is 5.49. The Kier molecular flexibility index (Phi) is 2.67. The minimum atomic E-state index is 0.586. The number of unbranched alkanes of at least 4 members (excludes halogenated alkanes) is 1. The van der Waals surface area contributed by atoms with E-state index < -0.39 is 0 Å². The predicted molar refractivity (Wildman–Crippen MR) is 35.5 cm³/mol. The van der Waals surface area contributed by atoms with E-state index in [-0.39, 0.29) is 0 Å². The number of carbonyl (C=O) groups excluding carboxylic acids is 1. The van der Waals surface area contributed by atoms with Crippen LogP contribution in [0, 0.1) is 0 Å². The van der Waals surface area contributed by atoms with E-state index in [1.54, 1.807) is 6.20 Å². The molecule has 0 aliphatic rings. The Morgan fingerprint density at radius 3 is 3.20 bits per heavy atom. The van der Waals surface area contributed by atoms with Crippen molar-refractivity contribution in [3.05, 3.63) is 18.4 Å². The molecular formula is C7H9NO2. The molecular weight excluding hydrogens is 130 g/mol. The van der Waals surface area contributed by atoms with Crippen LogP contribution in [0.25, 0.3) is 0 Å². The van der Waals surface area contributed by atoms with Crippen LogP contribution in [0.4, 0.5) is 0 Å². The fraction of sp³-hybridized carbons (Fsp3) is 0.429. The average molecular weight is 139 g/mol. The van der Waals surface area contributed by atoms with E-state index >= 15 is 0 Å². The molecule has 1 aromatic rings. The highest BCUT2D eigenvalue weighted by Crippen LogP contribution is 1.99. The van der Waals surface area contributed by atoms with Crippen molar-refractivity contribution in [2.45, 2.75) is 19.3 Å². The lowest BCUT2D eigenvalue weighted by molar-refractivity contribution is -0.107. The molecule has 0 fully saturated rings. The number of carbonyl (C=O) groups is 1. The molecule has 54 valence electrons. The first-order valence-corrected chi connectivity index (χ1v) is 3.25. The average Bonchev–Trinajstić information content (AvgIpc) is 2.41. The molecule has 0 unspecified atom stereocenters. The topological polar surface area (TPSA) is 43.1 Å². The minimum Gasteiger partial charge on any atom is -0.449 e. The van der Waals surface area contributed by atoms with Crippen LogP contribution in [-0.4, -0.2) is 11.3 Å². The van der Waals surface area contributed by atoms with Crippen molar-refractivity contribution < 1.29 is 9.21 Å². The van der Waals surface area contributed by atoms with E-state index in [1.807, 2.05) is 0 Å². The summed E-state index contributed by atoms with van der Waals surface area (Å²) in [4.78, 5) is 13.8. The van der Waals surface area contributed by atoms with Crippen molar-refractivity contribution in [2.24, 2.45) is 0 Å². The van der Waals surface area contributed by atoms with Gasteiger partial charge in [-0.15, -0.1) is 0 Å². The standard InChI is InChI=1S/C7H9NO2/c9-5-2-1-3-7-8-4-6-10-7/h4-6H,1-3H2. The van der Waals surface area contributed by atoms with Gasteiger partial charge in [-0.25, -0.2) is 4.98 Å². The van der Waals surface area contributed by atoms with E-state index in [9.17, 15) is 4.79 Å². The van der Waals surface area contributed by atoms with E-state index in [0.717, 1.165) is 19.1 Å². The van der Waals surface area contributed by atoms with Gasteiger partial charge in [0.25, 0.3) is 0 Å². The van der Waals surface area contributed by atoms with E-state index in [0.29, 0.717) is 12.3 Å². The predicted octanol–water partition coefficient (Wildman–Crippen LogP) is 1.20. The molecule has 3 heteroatoms. The summed E-state index contributed by atoms with van der Waals surface area (Å²) in [7, 11) is 0. The Bertz CT molecular complexity index is 181. The quantitative estimate of drug-likeness (QED) is 0.465. The van der Waals surface area contributed by atoms with E-state index in [4.69, 9.17) is 4.42 Å². The third-order valence-corrected chi connectivity index (χ3v) is 1.20. The molecule has 1 aromatic heterocycles. The molecule has 0 radical (unpaired) electrons. The summed E-state index contributed by atoms with van der Waals surface area (Å²) < 4.78 is 4.95. The van der Waals surface area contributed by atoms with E-state index in [1.165, 1.54) is 6.26 Å². The zero-order valence-electron chi connectivity index (χ0n) is 5.62. The third-order valence-electron chi connectivity index (χ3n) is 1.20. The van der Waals surface area contributed by atoms with Crippen molar-refractivity contribution in [1.82, 2.24) is 4.98 Å². The number of rotatable bonds is 4. The van der Waals surface area contributed by atoms with Crippen molar-refractivity contribution in [2.75, 3.05) is 0 Å². The first-order chi connectivity index (χ1) is 4.93. The van der Waals surface area contributed by atoms with Crippen LogP contribution in [0.5, 0.6) is 0 Å². The summed E-state index contributed by atoms with van der Waals surface area (Å²) in [5, 5.41) is 0. The monoisotopic (exact) mass is 139 g/mol. The van der Waals surface area contributed by atoms with Gasteiger partial charge in [0.15, 0.2) is 5.89 Å². The summed E-state index contributed by atoms with van der Waals surface area (Å²) >= 11 is 0. The van der Waals surface area contributed by atoms with Gasteiger partial charge in [0.05, 0.1) is 6.20 Å². The SMILES string of the molecule is O=CCCCc1ncco1. The van der Waals surface area contributed by atoms with Gasteiger partial charge < -0.3 is 9.21 Å². The molecule has 0 bridgehead atoms. The molecule has 0 N–H and O–H groups in total. The Labute approximate surface area is 59.1 Å². The number of nitrogens with zero attached hydrogens (tertiary/aromatic N) is 1. The Hall–Kier alpha value is -1.12. The zero-order chi connectivity index (χ0) is 7.23. The maximum absolute atomic E-state index is 9.88. The molecule has 0 saturated carbocycles. The maximum atomic E-state index is 9.88. The van der Waals surface area contributed by atoms with Gasteiger partial charge in [0.1, 0.15) is 12.5 Å². The van der Waals surface area contributed by atoms with Gasteiger partial charge >= 0.3 is 0 Å². The molecule has 0 amide bonds. The second-order valence-corrected chi connectivity index (χ2v) is 1.98. The van der Waals surface area contributed by atoms with Crippen molar-refractivity contribution in [3.8, 4) is 0 Å². The molecule has 0 aromatic carbocycles. The molecule has 0 aliphatic carbocycles. The van der Waals surface area contributed by atoms with Gasteiger partial charge in [0, 0.05) is 12.8 Å². The van der Waals surface area contributed by atoms with Crippen molar-refractivity contribution >= 4 is 6.29 Å². The number of hydrogen-bond donors (Lipinski definition) is 0. The number of aryl methyl sites for hydroxylation is 1. The summed E-state index contributed by atoms with van der Waals surface area (Å²) in [5.74, 6) is 0.710. The minimum absolute atomic E-state index is 0.586. The van der Waals surface area contributed by atoms with Gasteiger partial charge in [-0.2, -0.15) is 0 Å². The normalized spacial score (nSPS) is 9.60. The summed E-state index contributed by atoms with van der Waals surface area (Å²) in [6.45, 7) is 0. The Balaban J connectivity index is 2.21. The van der Waals surface area contributed by atoms with Crippen molar-refractivity contribution in [1.29, 1.82) is 0 Å². The first kappa shape index (κ1) is 6.99. The van der Waals surface area contributed by atoms with Gasteiger partial charge in [-0.3, -0.25) is 0 Å². The zero-order valence-corrected chi connectivity index (χ0v) is 5.62. The van der Waals surface area contributed by atoms with Gasteiger partial charge in [-0.05, 0) is 6.42 Å². The number of aldehydes is 1. The van der Waals surface area contributed by atoms with E-state index in [2.05, 4.69) is 4.98 Å². The second-order valence-electron chi connectivity index (χ2n) is 1.98. The highest BCUT2D eigenvalue weighted by atomic mass is 16.3. The highest BCUT2D eigenvalue weighted by Gasteiger charge is 1.94. The smallest absolute Gasteiger partial charge is 0.193 e. The van der Waals surface area contributed by atoms with Crippen LogP contribution in [0.2, 0.25) is 0 Å². The molecule has 3 nitrogen and oxygen atoms in total. The van der Waals surface area contributed by atoms with Crippen LogP contribution in [0.3, 0.4) is 0 Å². The second kappa shape index (κ2) is 3.82. The van der Waals surface area contributed by atoms with Crippen molar-refractivity contribution in [3.63, 3.8) is 0 Å². The third kappa shape index (κ3) is 2.01. The molecule has 0 saturated heterocycles. The Morgan fingerprint density at radius 2 is 2.60 bits per heavy atom. The van der Waals surface area contributed by atoms with Gasteiger partial charge in [-0.1, -0.05) is 0 Å². The first-order valence-electron chi connectivity index (χ1n) is 3.25. The lowest BCUT2D eigenvalue weighted by atomic mass is 10.2. The lowest BCUT2D eigenvalue weighted by Crippen LogP contribution is -1.84. The molecule has 1 rings (SSSR count). The fourth-order valence-electron chi connectivity index (χ4n) is 0.713. The van der Waals surface area contributed by atoms with Crippen LogP contribution < -0.4 is 0 Å². The largest absolute Gasteiger partial charge is 0.449 e. The van der Waals surface area contributed by atoms with Crippen LogP contribution >= 0.6 is 0 Å². The van der Waals surface area contributed by atoms with Gasteiger partial charge in [0.2, 0.25) is 0 Å². The molecule has 0 spiro atoms. The molecule has 10 heavy (non-hydrogen) atoms. The summed E-state index contributed by atoms with van der Waals surface area (Å²) in [5.41, 5.74) is 0. The molecule has 0 aliphatic heterocycles. The van der Waals surface area contributed by atoms with Crippen LogP contribution in [0.15, 0.2) is 16.9 Å². The molecule has 0 atom stereocenters. The Morgan fingerprint density at radius 1 is 1.70 bits per heavy atom. The lowest BCUT2D eigenvalue weighted by Gasteiger charge is -1.88. The maximum Gasteiger partial charge on any atom is 0.193 e. The number of oxazole rings is 1. The number of aromatic nitrogens is 1. The summed E-state index contributed by atoms with van der Waals surface area (Å²) in [6.07, 6.45) is 6.22. The molecule has 1 heterocycles. The van der Waals surface area contributed by atoms with Crippen LogP contribution in [-0.2, 0) is 11.2 Å². The van der Waals surface area contributed by atoms with Crippen LogP contribution in [0.1, 0.15) is 18.7 Å².